The Hall–Kier alpha value is -2.13. The Morgan fingerprint density at radius 1 is 1.17 bits per heavy atom. The van der Waals surface area contributed by atoms with Gasteiger partial charge in [0, 0.05) is 12.6 Å². The molecule has 0 radical (unpaired) electrons. The number of nitrogens with zero attached hydrogens (tertiary/aromatic N) is 1. The van der Waals surface area contributed by atoms with E-state index in [4.69, 9.17) is 5.73 Å². The van der Waals surface area contributed by atoms with Crippen LogP contribution in [0.5, 0.6) is 0 Å². The molecule has 3 heteroatoms. The van der Waals surface area contributed by atoms with Gasteiger partial charge in [-0.15, -0.1) is 0 Å². The van der Waals surface area contributed by atoms with E-state index in [0.29, 0.717) is 0 Å². The molecule has 3 nitrogen and oxygen atoms in total. The first-order valence-corrected chi connectivity index (χ1v) is 8.75. The van der Waals surface area contributed by atoms with Crippen molar-refractivity contribution >= 4 is 5.91 Å². The first-order chi connectivity index (χ1) is 11.6. The summed E-state index contributed by atoms with van der Waals surface area (Å²) in [5.41, 5.74) is 9.86. The third kappa shape index (κ3) is 3.36. The molecule has 3 rings (SSSR count). The quantitative estimate of drug-likeness (QED) is 0.925. The highest BCUT2D eigenvalue weighted by atomic mass is 16.2. The van der Waals surface area contributed by atoms with E-state index in [2.05, 4.69) is 31.2 Å². The minimum Gasteiger partial charge on any atom is -0.335 e. The fraction of sp³-hybridized carbons (Fsp3) is 0.381. The van der Waals surface area contributed by atoms with Gasteiger partial charge in [0.25, 0.3) is 0 Å². The zero-order valence-electron chi connectivity index (χ0n) is 14.5. The maximum atomic E-state index is 13.1. The third-order valence-corrected chi connectivity index (χ3v) is 5.08. The Kier molecular flexibility index (Phi) is 5.00. The Labute approximate surface area is 144 Å². The van der Waals surface area contributed by atoms with Crippen molar-refractivity contribution in [2.24, 2.45) is 11.7 Å². The van der Waals surface area contributed by atoms with Crippen molar-refractivity contribution in [3.8, 4) is 0 Å². The Balaban J connectivity index is 1.78. The minimum absolute atomic E-state index is 0.162. The van der Waals surface area contributed by atoms with Crippen molar-refractivity contribution < 1.29 is 4.79 Å². The third-order valence-electron chi connectivity index (χ3n) is 5.08. The molecule has 24 heavy (non-hydrogen) atoms. The molecule has 2 aromatic rings. The van der Waals surface area contributed by atoms with Gasteiger partial charge in [-0.1, -0.05) is 67.1 Å². The van der Waals surface area contributed by atoms with Crippen LogP contribution in [0.1, 0.15) is 48.5 Å². The maximum Gasteiger partial charge on any atom is 0.227 e. The van der Waals surface area contributed by atoms with Crippen molar-refractivity contribution in [1.82, 2.24) is 4.90 Å². The summed E-state index contributed by atoms with van der Waals surface area (Å²) in [5, 5.41) is 0. The number of rotatable bonds is 4. The second kappa shape index (κ2) is 7.18. The molecular weight excluding hydrogens is 296 g/mol. The molecule has 0 aromatic heterocycles. The van der Waals surface area contributed by atoms with Gasteiger partial charge < -0.3 is 10.6 Å². The highest BCUT2D eigenvalue weighted by Crippen LogP contribution is 2.34. The molecule has 2 aromatic carbocycles. The molecule has 1 amide bonds. The van der Waals surface area contributed by atoms with Crippen LogP contribution >= 0.6 is 0 Å². The summed E-state index contributed by atoms with van der Waals surface area (Å²) in [6.07, 6.45) is 2.08. The van der Waals surface area contributed by atoms with E-state index in [1.54, 1.807) is 0 Å². The van der Waals surface area contributed by atoms with Crippen LogP contribution in [0.3, 0.4) is 0 Å². The van der Waals surface area contributed by atoms with Crippen LogP contribution in [0.15, 0.2) is 54.6 Å². The molecule has 1 aliphatic rings. The average molecular weight is 322 g/mol. The van der Waals surface area contributed by atoms with Gasteiger partial charge in [-0.25, -0.2) is 0 Å². The van der Waals surface area contributed by atoms with E-state index in [1.807, 2.05) is 42.2 Å². The highest BCUT2D eigenvalue weighted by Gasteiger charge is 2.34. The number of hydrogen-bond donors (Lipinski definition) is 1. The van der Waals surface area contributed by atoms with Crippen LogP contribution in [0.25, 0.3) is 0 Å². The van der Waals surface area contributed by atoms with E-state index < -0.39 is 0 Å². The van der Waals surface area contributed by atoms with Crippen LogP contribution in [-0.4, -0.2) is 17.4 Å². The van der Waals surface area contributed by atoms with Crippen LogP contribution < -0.4 is 5.73 Å². The molecule has 126 valence electrons. The first kappa shape index (κ1) is 16.7. The molecular formula is C21H26N2O. The first-order valence-electron chi connectivity index (χ1n) is 8.75. The largest absolute Gasteiger partial charge is 0.335 e. The molecule has 3 unspecified atom stereocenters. The zero-order chi connectivity index (χ0) is 17.1. The lowest BCUT2D eigenvalue weighted by Crippen LogP contribution is -2.39. The summed E-state index contributed by atoms with van der Waals surface area (Å²) in [5.74, 6) is -0.0619. The van der Waals surface area contributed by atoms with E-state index in [0.717, 1.165) is 24.9 Å². The number of amides is 1. The molecule has 2 N–H and O–H groups in total. The van der Waals surface area contributed by atoms with Gasteiger partial charge in [0.1, 0.15) is 0 Å². The standard InChI is InChI=1S/C21H26N2O/c1-15-8-6-11-18(14-15)19-12-7-13-23(19)21(24)16(2)20(22)17-9-4-3-5-10-17/h3-6,8-11,14,16,19-20H,7,12-13,22H2,1-2H3. The molecule has 1 fully saturated rings. The summed E-state index contributed by atoms with van der Waals surface area (Å²) in [7, 11) is 0. The lowest BCUT2D eigenvalue weighted by atomic mass is 9.93. The summed E-state index contributed by atoms with van der Waals surface area (Å²) in [6, 6.07) is 18.3. The molecule has 1 aliphatic heterocycles. The van der Waals surface area contributed by atoms with E-state index in [1.165, 1.54) is 11.1 Å². The SMILES string of the molecule is Cc1cccc(C2CCCN2C(=O)C(C)C(N)c2ccccc2)c1. The minimum atomic E-state index is -0.266. The molecule has 0 saturated carbocycles. The number of carbonyl (C=O) groups is 1. The van der Waals surface area contributed by atoms with Crippen molar-refractivity contribution in [3.63, 3.8) is 0 Å². The van der Waals surface area contributed by atoms with Crippen LogP contribution in [0.2, 0.25) is 0 Å². The number of hydrogen-bond acceptors (Lipinski definition) is 2. The van der Waals surface area contributed by atoms with Crippen molar-refractivity contribution in [2.75, 3.05) is 6.54 Å². The molecule has 0 spiro atoms. The van der Waals surface area contributed by atoms with Crippen molar-refractivity contribution in [3.05, 3.63) is 71.3 Å². The van der Waals surface area contributed by atoms with Gasteiger partial charge in [0.2, 0.25) is 5.91 Å². The lowest BCUT2D eigenvalue weighted by Gasteiger charge is -2.30. The van der Waals surface area contributed by atoms with Gasteiger partial charge in [0.05, 0.1) is 12.0 Å². The zero-order valence-corrected chi connectivity index (χ0v) is 14.5. The van der Waals surface area contributed by atoms with Crippen LogP contribution in [0, 0.1) is 12.8 Å². The number of benzene rings is 2. The normalized spacial score (nSPS) is 20.0. The Morgan fingerprint density at radius 2 is 1.92 bits per heavy atom. The van der Waals surface area contributed by atoms with E-state index in [-0.39, 0.29) is 23.9 Å². The molecule has 1 saturated heterocycles. The van der Waals surface area contributed by atoms with Crippen molar-refractivity contribution in [2.45, 2.75) is 38.8 Å². The van der Waals surface area contributed by atoms with E-state index >= 15 is 0 Å². The maximum absolute atomic E-state index is 13.1. The monoisotopic (exact) mass is 322 g/mol. The summed E-state index contributed by atoms with van der Waals surface area (Å²) < 4.78 is 0. The second-order valence-electron chi connectivity index (χ2n) is 6.83. The van der Waals surface area contributed by atoms with Crippen LogP contribution in [-0.2, 0) is 4.79 Å². The Morgan fingerprint density at radius 3 is 2.62 bits per heavy atom. The molecule has 1 heterocycles. The van der Waals surface area contributed by atoms with Crippen molar-refractivity contribution in [1.29, 1.82) is 0 Å². The number of likely N-dealkylation sites (tertiary alicyclic amines) is 1. The lowest BCUT2D eigenvalue weighted by molar-refractivity contribution is -0.136. The fourth-order valence-corrected chi connectivity index (χ4v) is 3.63. The fourth-order valence-electron chi connectivity index (χ4n) is 3.63. The second-order valence-corrected chi connectivity index (χ2v) is 6.83. The van der Waals surface area contributed by atoms with E-state index in [9.17, 15) is 4.79 Å². The smallest absolute Gasteiger partial charge is 0.227 e. The molecule has 0 bridgehead atoms. The molecule has 3 atom stereocenters. The number of nitrogens with two attached hydrogens (primary N) is 1. The average Bonchev–Trinajstić information content (AvgIpc) is 3.10. The van der Waals surface area contributed by atoms with Gasteiger partial charge in [-0.3, -0.25) is 4.79 Å². The number of aryl methyl sites for hydroxylation is 1. The summed E-state index contributed by atoms with van der Waals surface area (Å²) in [6.45, 7) is 4.87. The van der Waals surface area contributed by atoms with Gasteiger partial charge in [0.15, 0.2) is 0 Å². The predicted octanol–water partition coefficient (Wildman–Crippen LogP) is 3.99. The summed E-state index contributed by atoms with van der Waals surface area (Å²) >= 11 is 0. The molecule has 0 aliphatic carbocycles. The Bertz CT molecular complexity index is 698. The van der Waals surface area contributed by atoms with Gasteiger partial charge >= 0.3 is 0 Å². The summed E-state index contributed by atoms with van der Waals surface area (Å²) in [4.78, 5) is 15.1. The number of carbonyl (C=O) groups excluding carboxylic acids is 1. The van der Waals surface area contributed by atoms with Gasteiger partial charge in [-0.2, -0.15) is 0 Å². The van der Waals surface area contributed by atoms with Gasteiger partial charge in [-0.05, 0) is 30.9 Å². The van der Waals surface area contributed by atoms with Crippen LogP contribution in [0.4, 0.5) is 0 Å². The highest BCUT2D eigenvalue weighted by molar-refractivity contribution is 5.80. The topological polar surface area (TPSA) is 46.3 Å². The predicted molar refractivity (Wildman–Crippen MR) is 97.4 cm³/mol.